The Morgan fingerprint density at radius 2 is 2.35 bits per heavy atom. The SMILES string of the molecule is N#Cc1c(N=Cc2ccc([N+](=O)[O-])o2)sc2c1CCC2. The minimum Gasteiger partial charge on any atom is -0.400 e. The Balaban J connectivity index is 1.89. The Labute approximate surface area is 118 Å². The highest BCUT2D eigenvalue weighted by Crippen LogP contribution is 2.40. The fraction of sp³-hybridized carbons (Fsp3) is 0.231. The smallest absolute Gasteiger partial charge is 0.400 e. The monoisotopic (exact) mass is 287 g/mol. The number of fused-ring (bicyclic) bond motifs is 1. The quantitative estimate of drug-likeness (QED) is 0.491. The molecule has 100 valence electrons. The molecule has 0 bridgehead atoms. The average molecular weight is 287 g/mol. The summed E-state index contributed by atoms with van der Waals surface area (Å²) in [6.45, 7) is 0. The summed E-state index contributed by atoms with van der Waals surface area (Å²) in [5.41, 5.74) is 1.73. The number of furan rings is 1. The van der Waals surface area contributed by atoms with Crippen molar-refractivity contribution in [2.75, 3.05) is 0 Å². The van der Waals surface area contributed by atoms with Gasteiger partial charge in [-0.3, -0.25) is 10.1 Å². The van der Waals surface area contributed by atoms with Gasteiger partial charge in [-0.15, -0.1) is 11.3 Å². The summed E-state index contributed by atoms with van der Waals surface area (Å²) >= 11 is 1.51. The molecular formula is C13H9N3O3S. The first-order chi connectivity index (χ1) is 9.69. The fourth-order valence-electron chi connectivity index (χ4n) is 2.23. The number of aliphatic imine (C=N–C) groups is 1. The topological polar surface area (TPSA) is 92.4 Å². The van der Waals surface area contributed by atoms with Crippen molar-refractivity contribution < 1.29 is 9.34 Å². The zero-order valence-electron chi connectivity index (χ0n) is 10.3. The maximum atomic E-state index is 10.5. The van der Waals surface area contributed by atoms with Gasteiger partial charge >= 0.3 is 5.88 Å². The Morgan fingerprint density at radius 1 is 1.50 bits per heavy atom. The van der Waals surface area contributed by atoms with Gasteiger partial charge in [0.05, 0.1) is 17.8 Å². The summed E-state index contributed by atoms with van der Waals surface area (Å²) < 4.78 is 4.99. The number of thiophene rings is 1. The molecule has 2 aromatic heterocycles. The Morgan fingerprint density at radius 3 is 3.05 bits per heavy atom. The molecule has 20 heavy (non-hydrogen) atoms. The molecule has 3 rings (SSSR count). The van der Waals surface area contributed by atoms with Crippen LogP contribution in [0.1, 0.15) is 28.2 Å². The molecule has 0 aromatic carbocycles. The second-order valence-electron chi connectivity index (χ2n) is 4.34. The van der Waals surface area contributed by atoms with E-state index in [2.05, 4.69) is 11.1 Å². The molecule has 1 aliphatic carbocycles. The van der Waals surface area contributed by atoms with Crippen molar-refractivity contribution in [3.8, 4) is 6.07 Å². The molecular weight excluding hydrogens is 278 g/mol. The van der Waals surface area contributed by atoms with Gasteiger partial charge in [-0.1, -0.05) is 0 Å². The third-order valence-electron chi connectivity index (χ3n) is 3.12. The van der Waals surface area contributed by atoms with Crippen LogP contribution in [0.2, 0.25) is 0 Å². The molecule has 7 heteroatoms. The summed E-state index contributed by atoms with van der Waals surface area (Å²) in [5.74, 6) is -0.0187. The number of hydrogen-bond acceptors (Lipinski definition) is 6. The zero-order valence-corrected chi connectivity index (χ0v) is 11.1. The van der Waals surface area contributed by atoms with E-state index in [0.717, 1.165) is 24.8 Å². The van der Waals surface area contributed by atoms with Crippen LogP contribution in [0.25, 0.3) is 0 Å². The van der Waals surface area contributed by atoms with Crippen LogP contribution in [0.4, 0.5) is 10.9 Å². The second kappa shape index (κ2) is 4.90. The van der Waals surface area contributed by atoms with Gasteiger partial charge < -0.3 is 4.42 Å². The molecule has 0 atom stereocenters. The van der Waals surface area contributed by atoms with Crippen LogP contribution in [-0.2, 0) is 12.8 Å². The molecule has 0 N–H and O–H groups in total. The van der Waals surface area contributed by atoms with E-state index in [-0.39, 0.29) is 5.88 Å². The number of nitrogens with zero attached hydrogens (tertiary/aromatic N) is 3. The highest BCUT2D eigenvalue weighted by molar-refractivity contribution is 7.16. The standard InChI is InChI=1S/C13H9N3O3S/c14-6-10-9-2-1-3-11(9)20-13(10)15-7-8-4-5-12(19-8)16(17)18/h4-5,7H,1-3H2. The van der Waals surface area contributed by atoms with E-state index >= 15 is 0 Å². The summed E-state index contributed by atoms with van der Waals surface area (Å²) in [4.78, 5) is 15.4. The van der Waals surface area contributed by atoms with Gasteiger partial charge in [0.1, 0.15) is 16.0 Å². The molecule has 0 fully saturated rings. The van der Waals surface area contributed by atoms with Crippen molar-refractivity contribution in [2.45, 2.75) is 19.3 Å². The lowest BCUT2D eigenvalue weighted by atomic mass is 10.1. The predicted molar refractivity (Wildman–Crippen MR) is 73.7 cm³/mol. The first-order valence-corrected chi connectivity index (χ1v) is 6.83. The molecule has 0 unspecified atom stereocenters. The zero-order chi connectivity index (χ0) is 14.1. The van der Waals surface area contributed by atoms with Crippen molar-refractivity contribution in [3.05, 3.63) is 44.0 Å². The molecule has 0 saturated carbocycles. The summed E-state index contributed by atoms with van der Waals surface area (Å²) in [6, 6.07) is 4.95. The summed E-state index contributed by atoms with van der Waals surface area (Å²) in [6.07, 6.45) is 4.42. The molecule has 0 aliphatic heterocycles. The highest BCUT2D eigenvalue weighted by atomic mass is 32.1. The molecule has 0 radical (unpaired) electrons. The van der Waals surface area contributed by atoms with Crippen LogP contribution >= 0.6 is 11.3 Å². The predicted octanol–water partition coefficient (Wildman–Crippen LogP) is 3.36. The van der Waals surface area contributed by atoms with Gasteiger partial charge in [-0.05, 0) is 30.9 Å². The molecule has 0 saturated heterocycles. The van der Waals surface area contributed by atoms with Gasteiger partial charge in [0.15, 0.2) is 5.76 Å². The van der Waals surface area contributed by atoms with Crippen molar-refractivity contribution in [3.63, 3.8) is 0 Å². The lowest BCUT2D eigenvalue weighted by Gasteiger charge is -1.91. The van der Waals surface area contributed by atoms with Crippen molar-refractivity contribution >= 4 is 28.4 Å². The van der Waals surface area contributed by atoms with Crippen LogP contribution in [-0.4, -0.2) is 11.1 Å². The van der Waals surface area contributed by atoms with Gasteiger partial charge in [0.25, 0.3) is 0 Å². The van der Waals surface area contributed by atoms with Gasteiger partial charge in [0, 0.05) is 4.88 Å². The molecule has 1 aliphatic rings. The lowest BCUT2D eigenvalue weighted by Crippen LogP contribution is -1.83. The normalized spacial score (nSPS) is 13.6. The van der Waals surface area contributed by atoms with Crippen LogP contribution in [0.15, 0.2) is 21.5 Å². The maximum absolute atomic E-state index is 10.5. The van der Waals surface area contributed by atoms with Gasteiger partial charge in [-0.25, -0.2) is 4.99 Å². The third-order valence-corrected chi connectivity index (χ3v) is 4.32. The van der Waals surface area contributed by atoms with E-state index in [9.17, 15) is 15.4 Å². The Bertz CT molecular complexity index is 751. The van der Waals surface area contributed by atoms with Crippen molar-refractivity contribution in [1.82, 2.24) is 0 Å². The minimum atomic E-state index is -0.599. The summed E-state index contributed by atoms with van der Waals surface area (Å²) in [7, 11) is 0. The largest absolute Gasteiger partial charge is 0.433 e. The van der Waals surface area contributed by atoms with Crippen molar-refractivity contribution in [1.29, 1.82) is 5.26 Å². The van der Waals surface area contributed by atoms with E-state index in [0.29, 0.717) is 16.3 Å². The number of rotatable bonds is 3. The fourth-order valence-corrected chi connectivity index (χ4v) is 3.41. The number of nitro groups is 1. The lowest BCUT2D eigenvalue weighted by molar-refractivity contribution is -0.402. The van der Waals surface area contributed by atoms with Crippen molar-refractivity contribution in [2.24, 2.45) is 4.99 Å². The van der Waals surface area contributed by atoms with Crippen LogP contribution in [0.3, 0.4) is 0 Å². The second-order valence-corrected chi connectivity index (χ2v) is 5.42. The first-order valence-electron chi connectivity index (χ1n) is 6.02. The molecule has 6 nitrogen and oxygen atoms in total. The Hall–Kier alpha value is -2.46. The molecule has 0 amide bonds. The van der Waals surface area contributed by atoms with Crippen LogP contribution in [0, 0.1) is 21.4 Å². The Kier molecular flexibility index (Phi) is 3.08. The number of hydrogen-bond donors (Lipinski definition) is 0. The van der Waals surface area contributed by atoms with Gasteiger partial charge in [-0.2, -0.15) is 5.26 Å². The van der Waals surface area contributed by atoms with E-state index in [1.807, 2.05) is 0 Å². The van der Waals surface area contributed by atoms with Gasteiger partial charge in [0.2, 0.25) is 0 Å². The van der Waals surface area contributed by atoms with E-state index in [1.165, 1.54) is 34.6 Å². The van der Waals surface area contributed by atoms with Crippen LogP contribution in [0.5, 0.6) is 0 Å². The maximum Gasteiger partial charge on any atom is 0.433 e. The van der Waals surface area contributed by atoms with Crippen LogP contribution < -0.4 is 0 Å². The number of aryl methyl sites for hydroxylation is 1. The average Bonchev–Trinajstić information content (AvgIpc) is 3.11. The first kappa shape index (κ1) is 12.6. The molecule has 0 spiro atoms. The van der Waals surface area contributed by atoms with E-state index in [4.69, 9.17) is 4.42 Å². The minimum absolute atomic E-state index is 0.300. The third kappa shape index (κ3) is 2.10. The summed E-state index contributed by atoms with van der Waals surface area (Å²) in [5, 5.41) is 20.4. The highest BCUT2D eigenvalue weighted by Gasteiger charge is 2.21. The number of nitriles is 1. The van der Waals surface area contributed by atoms with E-state index < -0.39 is 4.92 Å². The molecule has 2 heterocycles. The van der Waals surface area contributed by atoms with E-state index in [1.54, 1.807) is 0 Å². The molecule has 2 aromatic rings.